The highest BCUT2D eigenvalue weighted by molar-refractivity contribution is 7.98. The van der Waals surface area contributed by atoms with E-state index in [-0.39, 0.29) is 19.1 Å². The lowest BCUT2D eigenvalue weighted by atomic mass is 10.3. The van der Waals surface area contributed by atoms with Gasteiger partial charge in [0.2, 0.25) is 5.91 Å². The first-order valence-electron chi connectivity index (χ1n) is 5.67. The molecule has 0 aromatic heterocycles. The van der Waals surface area contributed by atoms with E-state index in [9.17, 15) is 19.7 Å². The number of carbonyl (C=O) groups is 2. The third-order valence-electron chi connectivity index (χ3n) is 1.98. The number of unbranched alkanes of at least 4 members (excludes halogenated alkanes) is 1. The van der Waals surface area contributed by atoms with Gasteiger partial charge in [0, 0.05) is 12.7 Å². The molecule has 0 bridgehead atoms. The van der Waals surface area contributed by atoms with Crippen molar-refractivity contribution < 1.29 is 24.3 Å². The van der Waals surface area contributed by atoms with Crippen molar-refractivity contribution in [2.24, 2.45) is 0 Å². The molecule has 0 saturated carbocycles. The largest absolute Gasteiger partial charge is 0.464 e. The van der Waals surface area contributed by atoms with Crippen molar-refractivity contribution in [3.8, 4) is 0 Å². The van der Waals surface area contributed by atoms with Gasteiger partial charge in [-0.15, -0.1) is 10.1 Å². The first kappa shape index (κ1) is 17.5. The molecule has 0 fully saturated rings. The Morgan fingerprint density at radius 1 is 1.37 bits per heavy atom. The highest BCUT2D eigenvalue weighted by atomic mass is 32.2. The third kappa shape index (κ3) is 10.1. The number of amides is 1. The smallest absolute Gasteiger partial charge is 0.329 e. The van der Waals surface area contributed by atoms with Gasteiger partial charge < -0.3 is 14.9 Å². The number of nitrogens with zero attached hydrogens (tertiary/aromatic N) is 1. The van der Waals surface area contributed by atoms with Crippen molar-refractivity contribution >= 4 is 23.6 Å². The first-order valence-corrected chi connectivity index (χ1v) is 7.06. The zero-order valence-corrected chi connectivity index (χ0v) is 11.7. The quantitative estimate of drug-likeness (QED) is 0.268. The Morgan fingerprint density at radius 3 is 2.53 bits per heavy atom. The second kappa shape index (κ2) is 10.4. The normalized spacial score (nSPS) is 11.5. The summed E-state index contributed by atoms with van der Waals surface area (Å²) >= 11 is 1.42. The minimum absolute atomic E-state index is 0.0233. The first-order chi connectivity index (χ1) is 8.97. The number of nitrogens with one attached hydrogen (secondary N) is 1. The van der Waals surface area contributed by atoms with Gasteiger partial charge in [-0.1, -0.05) is 0 Å². The number of esters is 1. The van der Waals surface area contributed by atoms with Crippen molar-refractivity contribution in [3.63, 3.8) is 0 Å². The predicted octanol–water partition coefficient (Wildman–Crippen LogP) is 0.386. The maximum absolute atomic E-state index is 11.6. The zero-order valence-electron chi connectivity index (χ0n) is 10.9. The maximum Gasteiger partial charge on any atom is 0.329 e. The molecule has 0 heterocycles. The van der Waals surface area contributed by atoms with Crippen LogP contribution in [0.15, 0.2) is 0 Å². The summed E-state index contributed by atoms with van der Waals surface area (Å²) in [7, 11) is 0. The Morgan fingerprint density at radius 2 is 2.00 bits per heavy atom. The number of hydrogen-bond donors (Lipinski definition) is 1. The molecule has 0 aromatic carbocycles. The van der Waals surface area contributed by atoms with Gasteiger partial charge >= 0.3 is 5.97 Å². The van der Waals surface area contributed by atoms with Crippen LogP contribution in [0.4, 0.5) is 0 Å². The second-order valence-corrected chi connectivity index (χ2v) is 4.55. The van der Waals surface area contributed by atoms with Gasteiger partial charge in [0.15, 0.2) is 0 Å². The van der Waals surface area contributed by atoms with Crippen LogP contribution in [-0.4, -0.2) is 48.2 Å². The summed E-state index contributed by atoms with van der Waals surface area (Å²) in [5, 5.41) is 11.5. The van der Waals surface area contributed by atoms with Gasteiger partial charge in [-0.3, -0.25) is 4.79 Å². The molecule has 1 N–H and O–H groups in total. The summed E-state index contributed by atoms with van der Waals surface area (Å²) < 4.78 is 4.97. The standard InChI is InChI=1S/C10H18N2O6S/c1-8(13)11-9(7-19-2)10(14)17-5-3-4-6-18-12(15)16/h9H,3-7H2,1-2H3,(H,11,13). The van der Waals surface area contributed by atoms with E-state index < -0.39 is 17.1 Å². The maximum atomic E-state index is 11.6. The topological polar surface area (TPSA) is 108 Å². The SMILES string of the molecule is CSCC(NC(C)=O)C(=O)OCCCCO[N+](=O)[O-]. The van der Waals surface area contributed by atoms with Gasteiger partial charge in [-0.2, -0.15) is 11.8 Å². The monoisotopic (exact) mass is 294 g/mol. The van der Waals surface area contributed by atoms with Crippen LogP contribution in [0, 0.1) is 10.1 Å². The molecule has 0 aliphatic heterocycles. The van der Waals surface area contributed by atoms with E-state index in [2.05, 4.69) is 10.2 Å². The molecule has 0 aliphatic carbocycles. The summed E-state index contributed by atoms with van der Waals surface area (Å²) in [6, 6.07) is -0.664. The Labute approximate surface area is 115 Å². The van der Waals surface area contributed by atoms with Crippen molar-refractivity contribution in [1.29, 1.82) is 0 Å². The molecule has 1 unspecified atom stereocenters. The lowest BCUT2D eigenvalue weighted by molar-refractivity contribution is -0.757. The number of rotatable bonds is 10. The molecule has 19 heavy (non-hydrogen) atoms. The van der Waals surface area contributed by atoms with Crippen molar-refractivity contribution in [3.05, 3.63) is 10.1 Å². The molecule has 0 aliphatic rings. The number of ether oxygens (including phenoxy) is 1. The summed E-state index contributed by atoms with van der Waals surface area (Å²) in [5.41, 5.74) is 0. The van der Waals surface area contributed by atoms with Crippen LogP contribution in [0.2, 0.25) is 0 Å². The van der Waals surface area contributed by atoms with E-state index in [1.165, 1.54) is 18.7 Å². The van der Waals surface area contributed by atoms with Gasteiger partial charge in [0.1, 0.15) is 6.04 Å². The second-order valence-electron chi connectivity index (χ2n) is 3.64. The Bertz CT molecular complexity index is 312. The molecule has 0 radical (unpaired) electrons. The van der Waals surface area contributed by atoms with Crippen LogP contribution in [-0.2, 0) is 19.2 Å². The fourth-order valence-corrected chi connectivity index (χ4v) is 1.75. The molecule has 0 rings (SSSR count). The molecule has 0 saturated heterocycles. The summed E-state index contributed by atoms with van der Waals surface area (Å²) in [5.74, 6) is -0.363. The van der Waals surface area contributed by atoms with Crippen LogP contribution in [0.1, 0.15) is 19.8 Å². The average Bonchev–Trinajstić information content (AvgIpc) is 2.31. The zero-order chi connectivity index (χ0) is 14.7. The molecular weight excluding hydrogens is 276 g/mol. The van der Waals surface area contributed by atoms with E-state index in [1.54, 1.807) is 0 Å². The summed E-state index contributed by atoms with van der Waals surface area (Å²) in [6.45, 7) is 1.45. The van der Waals surface area contributed by atoms with E-state index >= 15 is 0 Å². The average molecular weight is 294 g/mol. The minimum atomic E-state index is -0.864. The van der Waals surface area contributed by atoms with Crippen LogP contribution >= 0.6 is 11.8 Å². The van der Waals surface area contributed by atoms with E-state index in [4.69, 9.17) is 4.74 Å². The minimum Gasteiger partial charge on any atom is -0.464 e. The highest BCUT2D eigenvalue weighted by Gasteiger charge is 2.19. The van der Waals surface area contributed by atoms with Crippen LogP contribution < -0.4 is 5.32 Å². The van der Waals surface area contributed by atoms with Crippen molar-refractivity contribution in [1.82, 2.24) is 5.32 Å². The van der Waals surface area contributed by atoms with Crippen molar-refractivity contribution in [2.45, 2.75) is 25.8 Å². The van der Waals surface area contributed by atoms with Gasteiger partial charge in [0.05, 0.1) is 13.2 Å². The molecule has 1 amide bonds. The molecule has 0 aromatic rings. The number of carbonyl (C=O) groups excluding carboxylic acids is 2. The Hall–Kier alpha value is -1.51. The summed E-state index contributed by atoms with van der Waals surface area (Å²) in [6.07, 6.45) is 2.70. The lowest BCUT2D eigenvalue weighted by Gasteiger charge is -2.15. The molecular formula is C10H18N2O6S. The summed E-state index contributed by atoms with van der Waals surface area (Å²) in [4.78, 5) is 36.5. The van der Waals surface area contributed by atoms with Gasteiger partial charge in [0.25, 0.3) is 5.09 Å². The lowest BCUT2D eigenvalue weighted by Crippen LogP contribution is -2.42. The van der Waals surface area contributed by atoms with E-state index in [0.717, 1.165) is 0 Å². The molecule has 8 nitrogen and oxygen atoms in total. The third-order valence-corrected chi connectivity index (χ3v) is 2.64. The van der Waals surface area contributed by atoms with Gasteiger partial charge in [-0.05, 0) is 19.1 Å². The Kier molecular flexibility index (Phi) is 9.59. The van der Waals surface area contributed by atoms with Gasteiger partial charge in [-0.25, -0.2) is 4.79 Å². The fraction of sp³-hybridized carbons (Fsp3) is 0.800. The van der Waals surface area contributed by atoms with Crippen LogP contribution in [0.3, 0.4) is 0 Å². The number of thioether (sulfide) groups is 1. The van der Waals surface area contributed by atoms with Crippen LogP contribution in [0.5, 0.6) is 0 Å². The molecule has 9 heteroatoms. The molecule has 1 atom stereocenters. The van der Waals surface area contributed by atoms with E-state index in [1.807, 2.05) is 6.26 Å². The predicted molar refractivity (Wildman–Crippen MR) is 69.1 cm³/mol. The van der Waals surface area contributed by atoms with Crippen molar-refractivity contribution in [2.75, 3.05) is 25.2 Å². The van der Waals surface area contributed by atoms with E-state index in [0.29, 0.717) is 18.6 Å². The fourth-order valence-electron chi connectivity index (χ4n) is 1.20. The van der Waals surface area contributed by atoms with Crippen LogP contribution in [0.25, 0.3) is 0 Å². The molecule has 110 valence electrons. The molecule has 0 spiro atoms. The Balaban J connectivity index is 3.80. The number of hydrogen-bond acceptors (Lipinski definition) is 7. The highest BCUT2D eigenvalue weighted by Crippen LogP contribution is 2.01.